The first kappa shape index (κ1) is 70.9. The van der Waals surface area contributed by atoms with Crippen LogP contribution in [-0.2, 0) is 27.9 Å². The van der Waals surface area contributed by atoms with Gasteiger partial charge >= 0.3 is 13.8 Å². The largest absolute Gasteiger partial charge is 0.472 e. The smallest absolute Gasteiger partial charge is 0.456 e. The third kappa shape index (κ3) is 54.5. The number of allylic oxidation sites excluding steroid dienone is 23. The predicted molar refractivity (Wildman–Crippen MR) is 322 cm³/mol. The van der Waals surface area contributed by atoms with E-state index in [-0.39, 0.29) is 37.9 Å². The third-order valence-electron chi connectivity index (χ3n) is 11.8. The van der Waals surface area contributed by atoms with Crippen molar-refractivity contribution >= 4 is 19.7 Å². The van der Waals surface area contributed by atoms with Gasteiger partial charge < -0.3 is 19.4 Å². The second kappa shape index (κ2) is 53.3. The van der Waals surface area contributed by atoms with Gasteiger partial charge in [0.1, 0.15) is 19.3 Å². The summed E-state index contributed by atoms with van der Waals surface area (Å²) in [6, 6.07) is -0.907. The molecule has 0 saturated carbocycles. The molecular formula is C65H108N2O7P+. The van der Waals surface area contributed by atoms with Gasteiger partial charge in [0.15, 0.2) is 0 Å². The zero-order valence-corrected chi connectivity index (χ0v) is 49.1. The van der Waals surface area contributed by atoms with Gasteiger partial charge in [0.05, 0.1) is 33.8 Å². The molecule has 3 atom stereocenters. The molecule has 75 heavy (non-hydrogen) atoms. The number of rotatable bonds is 50. The summed E-state index contributed by atoms with van der Waals surface area (Å²) in [6.07, 6.45) is 77.2. The Hall–Kier alpha value is -4.11. The summed E-state index contributed by atoms with van der Waals surface area (Å²) >= 11 is 0. The molecule has 0 saturated heterocycles. The van der Waals surface area contributed by atoms with E-state index in [1.165, 1.54) is 44.9 Å². The third-order valence-corrected chi connectivity index (χ3v) is 12.8. The lowest BCUT2D eigenvalue weighted by Gasteiger charge is -2.27. The Balaban J connectivity index is 5.47. The quantitative estimate of drug-likeness (QED) is 0.0205. The summed E-state index contributed by atoms with van der Waals surface area (Å²) in [5.74, 6) is -0.640. The van der Waals surface area contributed by atoms with Crippen LogP contribution in [0.15, 0.2) is 146 Å². The molecule has 9 nitrogen and oxygen atoms in total. The molecule has 0 aromatic carbocycles. The van der Waals surface area contributed by atoms with Crippen molar-refractivity contribution in [2.24, 2.45) is 0 Å². The molecule has 1 amide bonds. The van der Waals surface area contributed by atoms with E-state index in [1.54, 1.807) is 0 Å². The van der Waals surface area contributed by atoms with Gasteiger partial charge in [-0.2, -0.15) is 0 Å². The number of phosphoric ester groups is 1. The van der Waals surface area contributed by atoms with E-state index in [2.05, 4.69) is 160 Å². The summed E-state index contributed by atoms with van der Waals surface area (Å²) in [4.78, 5) is 37.6. The summed E-state index contributed by atoms with van der Waals surface area (Å²) in [7, 11) is 1.41. The molecule has 3 unspecified atom stereocenters. The van der Waals surface area contributed by atoms with Crippen LogP contribution in [0.4, 0.5) is 0 Å². The van der Waals surface area contributed by atoms with Crippen molar-refractivity contribution in [1.29, 1.82) is 0 Å². The molecule has 0 spiro atoms. The molecule has 0 aromatic rings. The number of likely N-dealkylation sites (N-methyl/N-ethyl adjacent to an activating group) is 1. The molecule has 0 rings (SSSR count). The fraction of sp³-hybridized carbons (Fsp3) is 0.600. The molecule has 0 bridgehead atoms. The van der Waals surface area contributed by atoms with E-state index in [1.807, 2.05) is 33.3 Å². The zero-order chi connectivity index (χ0) is 55.0. The summed E-state index contributed by atoms with van der Waals surface area (Å²) < 4.78 is 30.5. The van der Waals surface area contributed by atoms with Gasteiger partial charge in [0.25, 0.3) is 0 Å². The molecule has 0 aliphatic rings. The second-order valence-corrected chi connectivity index (χ2v) is 21.5. The van der Waals surface area contributed by atoms with Crippen LogP contribution in [0.3, 0.4) is 0 Å². The molecule has 0 aliphatic heterocycles. The Morgan fingerprint density at radius 1 is 0.480 bits per heavy atom. The molecule has 0 radical (unpaired) electrons. The summed E-state index contributed by atoms with van der Waals surface area (Å²) in [5, 5.41) is 2.99. The van der Waals surface area contributed by atoms with Crippen molar-refractivity contribution in [1.82, 2.24) is 5.32 Å². The fourth-order valence-electron chi connectivity index (χ4n) is 7.33. The first-order chi connectivity index (χ1) is 36.4. The van der Waals surface area contributed by atoms with Gasteiger partial charge in [-0.15, -0.1) is 0 Å². The first-order valence-corrected chi connectivity index (χ1v) is 30.7. The number of unbranched alkanes of at least 4 members (excludes halogenated alkanes) is 12. The van der Waals surface area contributed by atoms with Crippen LogP contribution in [-0.4, -0.2) is 74.3 Å². The minimum atomic E-state index is -4.48. The molecule has 424 valence electrons. The zero-order valence-electron chi connectivity index (χ0n) is 48.2. The highest BCUT2D eigenvalue weighted by molar-refractivity contribution is 7.47. The van der Waals surface area contributed by atoms with Gasteiger partial charge in [0.2, 0.25) is 5.91 Å². The van der Waals surface area contributed by atoms with Gasteiger partial charge in [-0.3, -0.25) is 18.6 Å². The van der Waals surface area contributed by atoms with Crippen LogP contribution in [0.2, 0.25) is 0 Å². The molecule has 0 fully saturated rings. The summed E-state index contributed by atoms with van der Waals surface area (Å²) in [6.45, 7) is 6.66. The van der Waals surface area contributed by atoms with Crippen molar-refractivity contribution in [2.75, 3.05) is 40.9 Å². The van der Waals surface area contributed by atoms with E-state index < -0.39 is 20.0 Å². The van der Waals surface area contributed by atoms with Crippen LogP contribution >= 0.6 is 7.82 Å². The number of nitrogens with zero attached hydrogens (tertiary/aromatic N) is 1. The van der Waals surface area contributed by atoms with E-state index >= 15 is 0 Å². The average molecular weight is 1060 g/mol. The lowest BCUT2D eigenvalue weighted by molar-refractivity contribution is -0.870. The van der Waals surface area contributed by atoms with E-state index in [0.29, 0.717) is 23.9 Å². The number of quaternary nitrogens is 1. The lowest BCUT2D eigenvalue weighted by atomic mass is 10.1. The Morgan fingerprint density at radius 3 is 1.31 bits per heavy atom. The summed E-state index contributed by atoms with van der Waals surface area (Å²) in [5.41, 5.74) is 0. The minimum Gasteiger partial charge on any atom is -0.456 e. The maximum Gasteiger partial charge on any atom is 0.472 e. The number of esters is 1. The number of ether oxygens (including phenoxy) is 1. The number of amides is 1. The molecule has 0 aromatic heterocycles. The van der Waals surface area contributed by atoms with Crippen LogP contribution in [0.1, 0.15) is 201 Å². The maximum absolute atomic E-state index is 13.5. The standard InChI is InChI=1S/C65H107N2O7P/c1-7-10-13-16-19-22-25-27-29-31-32-33-34-36-38-40-43-46-49-52-55-58-65(69)74-63(56-53-50-47-44-41-24-21-18-15-12-9-3)62(61-73-75(70,71)72-60-59-67(4,5)6)66-64(68)57-54-51-48-45-42-39-37-35-30-28-26-23-20-17-14-11-8-2/h10-11,13-14,19-20,22-23,27-30,32-33,36-39,43,45-46,48,53,56,62-63H,7-9,12,15-18,21,24-26,31,34-35,40-42,44,47,49-52,54-55,57-61H2,1-6H3,(H-,66,68,70,71)/p+1/b13-10-,14-11-,22-19-,23-20-,29-27-,30-28-,33-32-,38-36-,39-37-,46-43-,48-45-,56-53+. The van der Waals surface area contributed by atoms with Crippen molar-refractivity contribution < 1.29 is 37.3 Å². The number of carbonyl (C=O) groups is 2. The average Bonchev–Trinajstić information content (AvgIpc) is 3.37. The maximum atomic E-state index is 13.5. The lowest BCUT2D eigenvalue weighted by Crippen LogP contribution is -2.47. The van der Waals surface area contributed by atoms with Gasteiger partial charge in [-0.05, 0) is 122 Å². The highest BCUT2D eigenvalue weighted by Gasteiger charge is 2.30. The topological polar surface area (TPSA) is 111 Å². The Morgan fingerprint density at radius 2 is 0.867 bits per heavy atom. The van der Waals surface area contributed by atoms with E-state index in [9.17, 15) is 19.0 Å². The molecule has 2 N–H and O–H groups in total. The van der Waals surface area contributed by atoms with Crippen molar-refractivity contribution in [3.05, 3.63) is 146 Å². The van der Waals surface area contributed by atoms with E-state index in [4.69, 9.17) is 13.8 Å². The van der Waals surface area contributed by atoms with Crippen LogP contribution in [0.5, 0.6) is 0 Å². The van der Waals surface area contributed by atoms with Crippen molar-refractivity contribution in [3.63, 3.8) is 0 Å². The first-order valence-electron chi connectivity index (χ1n) is 29.2. The molecule has 0 aliphatic carbocycles. The molecule has 10 heteroatoms. The Bertz CT molecular complexity index is 1790. The van der Waals surface area contributed by atoms with Gasteiger partial charge in [-0.1, -0.05) is 212 Å². The van der Waals surface area contributed by atoms with Crippen LogP contribution in [0.25, 0.3) is 0 Å². The highest BCUT2D eigenvalue weighted by atomic mass is 31.2. The molecule has 0 heterocycles. The fourth-order valence-corrected chi connectivity index (χ4v) is 8.06. The molecular weight excluding hydrogens is 952 g/mol. The number of carbonyl (C=O) groups excluding carboxylic acids is 2. The van der Waals surface area contributed by atoms with Gasteiger partial charge in [-0.25, -0.2) is 4.57 Å². The van der Waals surface area contributed by atoms with Crippen LogP contribution < -0.4 is 5.32 Å². The highest BCUT2D eigenvalue weighted by Crippen LogP contribution is 2.43. The minimum absolute atomic E-state index is 0.0136. The number of hydrogen-bond donors (Lipinski definition) is 2. The monoisotopic (exact) mass is 1060 g/mol. The SMILES string of the molecule is CC/C=C\C/C=C\C/C=C\C/C=C\C/C=C\C/C=C\CCCCC(=O)OC(/C=C/CCCCCCCCCCC)C(COP(=O)(O)OCC[N+](C)(C)C)NC(=O)CCC/C=C\C/C=C\C/C=C\C/C=C\C/C=C\CC. The number of nitrogens with one attached hydrogen (secondary N) is 1. The Kier molecular flexibility index (Phi) is 50.4. The normalized spacial score (nSPS) is 14.8. The number of hydrogen-bond acceptors (Lipinski definition) is 6. The predicted octanol–water partition coefficient (Wildman–Crippen LogP) is 17.9. The second-order valence-electron chi connectivity index (χ2n) is 20.0. The van der Waals surface area contributed by atoms with Crippen molar-refractivity contribution in [3.8, 4) is 0 Å². The number of phosphoric acid groups is 1. The Labute approximate surface area is 459 Å². The van der Waals surface area contributed by atoms with Crippen molar-refractivity contribution in [2.45, 2.75) is 213 Å². The van der Waals surface area contributed by atoms with Gasteiger partial charge in [0, 0.05) is 12.8 Å². The van der Waals surface area contributed by atoms with E-state index in [0.717, 1.165) is 109 Å². The van der Waals surface area contributed by atoms with Crippen LogP contribution in [0, 0.1) is 0 Å².